The number of rotatable bonds is 5. The van der Waals surface area contributed by atoms with Gasteiger partial charge in [0.2, 0.25) is 11.8 Å². The van der Waals surface area contributed by atoms with Crippen LogP contribution < -0.4 is 4.74 Å². The van der Waals surface area contributed by atoms with E-state index in [0.717, 1.165) is 17.0 Å². The fraction of sp³-hybridized carbons (Fsp3) is 0.350. The highest BCUT2D eigenvalue weighted by atomic mass is 16.5. The summed E-state index contributed by atoms with van der Waals surface area (Å²) < 4.78 is 5.20. The Hall–Kier alpha value is -2.89. The molecule has 1 fully saturated rings. The highest BCUT2D eigenvalue weighted by Gasteiger charge is 2.24. The number of hydrogen-bond acceptors (Lipinski definition) is 4. The SMILES string of the molecule is COc1cccc(CC(=O)N2CCN(C(=O)Cc3ccccn3)CC2)c1. The van der Waals surface area contributed by atoms with Crippen molar-refractivity contribution in [1.82, 2.24) is 14.8 Å². The minimum absolute atomic E-state index is 0.0589. The van der Waals surface area contributed by atoms with Crippen LogP contribution >= 0.6 is 0 Å². The summed E-state index contributed by atoms with van der Waals surface area (Å²) >= 11 is 0. The zero-order valence-corrected chi connectivity index (χ0v) is 14.9. The third kappa shape index (κ3) is 4.59. The number of benzene rings is 1. The summed E-state index contributed by atoms with van der Waals surface area (Å²) in [4.78, 5) is 32.7. The zero-order chi connectivity index (χ0) is 18.4. The first kappa shape index (κ1) is 17.9. The van der Waals surface area contributed by atoms with Gasteiger partial charge in [0.15, 0.2) is 0 Å². The summed E-state index contributed by atoms with van der Waals surface area (Å²) in [6.07, 6.45) is 2.34. The molecule has 1 aliphatic rings. The van der Waals surface area contributed by atoms with Crippen LogP contribution in [0.5, 0.6) is 5.75 Å². The lowest BCUT2D eigenvalue weighted by Gasteiger charge is -2.35. The van der Waals surface area contributed by atoms with Crippen molar-refractivity contribution < 1.29 is 14.3 Å². The van der Waals surface area contributed by atoms with Crippen LogP contribution in [0.2, 0.25) is 0 Å². The third-order valence-corrected chi connectivity index (χ3v) is 4.53. The predicted octanol–water partition coefficient (Wildman–Crippen LogP) is 1.55. The Kier molecular flexibility index (Phi) is 5.84. The number of methoxy groups -OCH3 is 1. The van der Waals surface area contributed by atoms with Gasteiger partial charge in [0.1, 0.15) is 5.75 Å². The van der Waals surface area contributed by atoms with Crippen LogP contribution in [0.15, 0.2) is 48.7 Å². The molecule has 1 aromatic carbocycles. The first-order valence-electron chi connectivity index (χ1n) is 8.74. The van der Waals surface area contributed by atoms with Crippen LogP contribution in [-0.4, -0.2) is 59.9 Å². The molecule has 0 atom stereocenters. The molecule has 0 radical (unpaired) electrons. The van der Waals surface area contributed by atoms with Gasteiger partial charge < -0.3 is 14.5 Å². The van der Waals surface area contributed by atoms with Crippen LogP contribution in [0.25, 0.3) is 0 Å². The Morgan fingerprint density at radius 3 is 2.27 bits per heavy atom. The molecule has 0 spiro atoms. The van der Waals surface area contributed by atoms with E-state index >= 15 is 0 Å². The Morgan fingerprint density at radius 2 is 1.65 bits per heavy atom. The van der Waals surface area contributed by atoms with Crippen molar-refractivity contribution in [3.8, 4) is 5.75 Å². The topological polar surface area (TPSA) is 62.7 Å². The van der Waals surface area contributed by atoms with Crippen molar-refractivity contribution in [2.75, 3.05) is 33.3 Å². The largest absolute Gasteiger partial charge is 0.497 e. The minimum atomic E-state index is 0.0589. The summed E-state index contributed by atoms with van der Waals surface area (Å²) in [5, 5.41) is 0. The maximum absolute atomic E-state index is 12.5. The number of carbonyl (C=O) groups excluding carboxylic acids is 2. The van der Waals surface area contributed by atoms with Gasteiger partial charge in [0.25, 0.3) is 0 Å². The number of amides is 2. The molecular formula is C20H23N3O3. The molecule has 1 saturated heterocycles. The third-order valence-electron chi connectivity index (χ3n) is 4.53. The summed E-state index contributed by atoms with van der Waals surface area (Å²) in [5.41, 5.74) is 1.71. The number of ether oxygens (including phenoxy) is 1. The molecule has 2 aromatic rings. The lowest BCUT2D eigenvalue weighted by molar-refractivity contribution is -0.138. The van der Waals surface area contributed by atoms with E-state index in [1.54, 1.807) is 13.3 Å². The van der Waals surface area contributed by atoms with Crippen molar-refractivity contribution >= 4 is 11.8 Å². The number of nitrogens with zero attached hydrogens (tertiary/aromatic N) is 3. The molecule has 26 heavy (non-hydrogen) atoms. The van der Waals surface area contributed by atoms with Crippen LogP contribution in [0.4, 0.5) is 0 Å². The second-order valence-electron chi connectivity index (χ2n) is 6.29. The van der Waals surface area contributed by atoms with Crippen molar-refractivity contribution in [3.05, 3.63) is 59.9 Å². The van der Waals surface area contributed by atoms with E-state index in [4.69, 9.17) is 4.74 Å². The smallest absolute Gasteiger partial charge is 0.228 e. The normalized spacial score (nSPS) is 14.2. The van der Waals surface area contributed by atoms with Crippen molar-refractivity contribution in [2.45, 2.75) is 12.8 Å². The molecule has 136 valence electrons. The average Bonchev–Trinajstić information content (AvgIpc) is 2.69. The number of carbonyl (C=O) groups is 2. The Morgan fingerprint density at radius 1 is 0.962 bits per heavy atom. The molecule has 2 amide bonds. The van der Waals surface area contributed by atoms with Gasteiger partial charge in [0, 0.05) is 38.1 Å². The quantitative estimate of drug-likeness (QED) is 0.818. The van der Waals surface area contributed by atoms with Crippen molar-refractivity contribution in [2.24, 2.45) is 0 Å². The molecule has 0 bridgehead atoms. The molecule has 0 aliphatic carbocycles. The van der Waals surface area contributed by atoms with E-state index in [1.807, 2.05) is 52.3 Å². The maximum Gasteiger partial charge on any atom is 0.228 e. The standard InChI is InChI=1S/C20H23N3O3/c1-26-18-7-4-5-16(13-18)14-19(24)22-9-11-23(12-10-22)20(25)15-17-6-2-3-8-21-17/h2-8,13H,9-12,14-15H2,1H3. The highest BCUT2D eigenvalue weighted by molar-refractivity contribution is 5.80. The molecular weight excluding hydrogens is 330 g/mol. The Labute approximate surface area is 153 Å². The van der Waals surface area contributed by atoms with E-state index in [9.17, 15) is 9.59 Å². The van der Waals surface area contributed by atoms with Gasteiger partial charge in [-0.2, -0.15) is 0 Å². The van der Waals surface area contributed by atoms with Gasteiger partial charge in [-0.15, -0.1) is 0 Å². The molecule has 2 heterocycles. The molecule has 6 heteroatoms. The van der Waals surface area contributed by atoms with Crippen LogP contribution in [-0.2, 0) is 22.4 Å². The Balaban J connectivity index is 1.49. The van der Waals surface area contributed by atoms with Gasteiger partial charge in [-0.05, 0) is 29.8 Å². The van der Waals surface area contributed by atoms with E-state index < -0.39 is 0 Å². The molecule has 1 aliphatic heterocycles. The van der Waals surface area contributed by atoms with Gasteiger partial charge in [0.05, 0.1) is 20.0 Å². The lowest BCUT2D eigenvalue weighted by Crippen LogP contribution is -2.51. The van der Waals surface area contributed by atoms with Crippen LogP contribution in [0.1, 0.15) is 11.3 Å². The first-order chi connectivity index (χ1) is 12.7. The van der Waals surface area contributed by atoms with Crippen molar-refractivity contribution in [1.29, 1.82) is 0 Å². The van der Waals surface area contributed by atoms with Gasteiger partial charge in [-0.1, -0.05) is 18.2 Å². The van der Waals surface area contributed by atoms with E-state index in [0.29, 0.717) is 39.0 Å². The zero-order valence-electron chi connectivity index (χ0n) is 14.9. The number of hydrogen-bond donors (Lipinski definition) is 0. The second kappa shape index (κ2) is 8.47. The molecule has 0 unspecified atom stereocenters. The van der Waals surface area contributed by atoms with E-state index in [2.05, 4.69) is 4.98 Å². The summed E-state index contributed by atoms with van der Waals surface area (Å²) in [6.45, 7) is 2.26. The molecule has 0 saturated carbocycles. The van der Waals surface area contributed by atoms with Crippen LogP contribution in [0, 0.1) is 0 Å². The van der Waals surface area contributed by atoms with Gasteiger partial charge in [-0.3, -0.25) is 14.6 Å². The molecule has 0 N–H and O–H groups in total. The van der Waals surface area contributed by atoms with Crippen LogP contribution in [0.3, 0.4) is 0 Å². The maximum atomic E-state index is 12.5. The number of aromatic nitrogens is 1. The van der Waals surface area contributed by atoms with E-state index in [-0.39, 0.29) is 11.8 Å². The summed E-state index contributed by atoms with van der Waals surface area (Å²) in [7, 11) is 1.61. The average molecular weight is 353 g/mol. The van der Waals surface area contributed by atoms with E-state index in [1.165, 1.54) is 0 Å². The van der Waals surface area contributed by atoms with Gasteiger partial charge >= 0.3 is 0 Å². The molecule has 1 aromatic heterocycles. The Bertz CT molecular complexity index is 756. The fourth-order valence-corrected chi connectivity index (χ4v) is 3.04. The fourth-order valence-electron chi connectivity index (χ4n) is 3.04. The number of piperazine rings is 1. The monoisotopic (exact) mass is 353 g/mol. The summed E-state index contributed by atoms with van der Waals surface area (Å²) in [5.74, 6) is 0.888. The lowest BCUT2D eigenvalue weighted by atomic mass is 10.1. The van der Waals surface area contributed by atoms with Crippen molar-refractivity contribution in [3.63, 3.8) is 0 Å². The predicted molar refractivity (Wildman–Crippen MR) is 97.8 cm³/mol. The first-order valence-corrected chi connectivity index (χ1v) is 8.74. The number of pyridine rings is 1. The van der Waals surface area contributed by atoms with Gasteiger partial charge in [-0.25, -0.2) is 0 Å². The minimum Gasteiger partial charge on any atom is -0.497 e. The molecule has 6 nitrogen and oxygen atoms in total. The highest BCUT2D eigenvalue weighted by Crippen LogP contribution is 2.14. The summed E-state index contributed by atoms with van der Waals surface area (Å²) in [6, 6.07) is 13.1. The molecule has 3 rings (SSSR count). The second-order valence-corrected chi connectivity index (χ2v) is 6.29.